The molecule has 0 saturated heterocycles. The fourth-order valence-electron chi connectivity index (χ4n) is 2.50. The summed E-state index contributed by atoms with van der Waals surface area (Å²) in [5.41, 5.74) is 0.859. The first kappa shape index (κ1) is 20.8. The number of carbonyl (C=O) groups excluding carboxylic acids is 1. The van der Waals surface area contributed by atoms with Crippen molar-refractivity contribution in [1.29, 1.82) is 0 Å². The Bertz CT molecular complexity index is 1170. The Kier molecular flexibility index (Phi) is 6.20. The summed E-state index contributed by atoms with van der Waals surface area (Å²) >= 11 is 1.11. The van der Waals surface area contributed by atoms with Crippen molar-refractivity contribution in [1.82, 2.24) is 14.8 Å². The average molecular weight is 434 g/mol. The van der Waals surface area contributed by atoms with Crippen LogP contribution in [-0.4, -0.2) is 34.3 Å². The van der Waals surface area contributed by atoms with Gasteiger partial charge in [0.1, 0.15) is 0 Å². The lowest BCUT2D eigenvalue weighted by Crippen LogP contribution is -2.24. The molecule has 0 bridgehead atoms. The number of H-pyrrole nitrogens is 1. The van der Waals surface area contributed by atoms with Crippen LogP contribution in [0.1, 0.15) is 12.5 Å². The van der Waals surface area contributed by atoms with Crippen LogP contribution in [0, 0.1) is 0 Å². The van der Waals surface area contributed by atoms with Crippen molar-refractivity contribution in [3.63, 3.8) is 0 Å². The molecule has 3 aromatic rings. The van der Waals surface area contributed by atoms with Gasteiger partial charge < -0.3 is 5.32 Å². The third-order valence-electron chi connectivity index (χ3n) is 3.99. The fraction of sp³-hybridized carbons (Fsp3) is 0.167. The van der Waals surface area contributed by atoms with Crippen LogP contribution >= 0.6 is 11.8 Å². The summed E-state index contributed by atoms with van der Waals surface area (Å²) in [4.78, 5) is 24.5. The van der Waals surface area contributed by atoms with Crippen molar-refractivity contribution in [3.05, 3.63) is 70.6 Å². The topological polar surface area (TPSA) is 140 Å². The van der Waals surface area contributed by atoms with Crippen LogP contribution in [0.4, 0.5) is 5.69 Å². The minimum atomic E-state index is -3.87. The highest BCUT2D eigenvalue weighted by Gasteiger charge is 2.20. The van der Waals surface area contributed by atoms with E-state index in [4.69, 9.17) is 5.14 Å². The van der Waals surface area contributed by atoms with E-state index >= 15 is 0 Å². The molecule has 0 spiro atoms. The molecular formula is C18H19N5O4S2. The molecule has 0 unspecified atom stereocenters. The second-order valence-electron chi connectivity index (χ2n) is 6.21. The maximum Gasteiger partial charge on any atom is 0.344 e. The molecule has 0 radical (unpaired) electrons. The average Bonchev–Trinajstić information content (AvgIpc) is 3.02. The lowest BCUT2D eigenvalue weighted by molar-refractivity contribution is -0.115. The molecule has 0 aliphatic rings. The van der Waals surface area contributed by atoms with Gasteiger partial charge in [0.15, 0.2) is 5.16 Å². The number of rotatable bonds is 7. The van der Waals surface area contributed by atoms with Crippen LogP contribution in [0.5, 0.6) is 0 Å². The number of nitrogens with two attached hydrogens (primary N) is 1. The Labute approximate surface area is 171 Å². The van der Waals surface area contributed by atoms with Crippen molar-refractivity contribution >= 4 is 33.4 Å². The molecule has 0 saturated carbocycles. The molecule has 3 rings (SSSR count). The number of aromatic nitrogens is 3. The zero-order valence-electron chi connectivity index (χ0n) is 15.4. The van der Waals surface area contributed by atoms with Gasteiger partial charge in [0.2, 0.25) is 15.9 Å². The molecule has 1 heterocycles. The third kappa shape index (κ3) is 5.34. The molecule has 4 N–H and O–H groups in total. The minimum Gasteiger partial charge on any atom is -0.325 e. The van der Waals surface area contributed by atoms with Crippen molar-refractivity contribution in [2.24, 2.45) is 5.14 Å². The first-order valence-corrected chi connectivity index (χ1v) is 11.0. The van der Waals surface area contributed by atoms with Crippen molar-refractivity contribution < 1.29 is 13.2 Å². The number of sulfonamides is 1. The molecule has 0 aliphatic carbocycles. The number of hydrogen-bond donors (Lipinski definition) is 3. The number of hydrogen-bond acceptors (Lipinski definition) is 6. The van der Waals surface area contributed by atoms with E-state index in [9.17, 15) is 18.0 Å². The minimum absolute atomic E-state index is 0.0976. The third-order valence-corrected chi connectivity index (χ3v) is 5.99. The fourth-order valence-corrected chi connectivity index (χ4v) is 3.92. The Morgan fingerprint density at radius 3 is 2.66 bits per heavy atom. The van der Waals surface area contributed by atoms with Gasteiger partial charge in [-0.3, -0.25) is 9.36 Å². The summed E-state index contributed by atoms with van der Waals surface area (Å²) in [6.45, 7) is 1.98. The van der Waals surface area contributed by atoms with Crippen LogP contribution in [0.2, 0.25) is 0 Å². The van der Waals surface area contributed by atoms with Gasteiger partial charge in [-0.05, 0) is 30.7 Å². The van der Waals surface area contributed by atoms with E-state index in [0.717, 1.165) is 17.3 Å². The van der Waals surface area contributed by atoms with Gasteiger partial charge >= 0.3 is 5.69 Å². The highest BCUT2D eigenvalue weighted by Crippen LogP contribution is 2.22. The number of benzene rings is 2. The van der Waals surface area contributed by atoms with E-state index in [2.05, 4.69) is 15.5 Å². The quantitative estimate of drug-likeness (QED) is 0.481. The first-order valence-electron chi connectivity index (χ1n) is 8.53. The van der Waals surface area contributed by atoms with Gasteiger partial charge in [-0.1, -0.05) is 48.2 Å². The van der Waals surface area contributed by atoms with Gasteiger partial charge in [0.25, 0.3) is 0 Å². The number of primary sulfonamides is 1. The summed E-state index contributed by atoms with van der Waals surface area (Å²) in [5, 5.41) is 13.9. The van der Waals surface area contributed by atoms with Gasteiger partial charge in [0, 0.05) is 5.69 Å². The smallest absolute Gasteiger partial charge is 0.325 e. The Balaban J connectivity index is 1.72. The highest BCUT2D eigenvalue weighted by atomic mass is 32.2. The van der Waals surface area contributed by atoms with E-state index in [1.54, 1.807) is 13.0 Å². The highest BCUT2D eigenvalue weighted by molar-refractivity contribution is 8.00. The lowest BCUT2D eigenvalue weighted by atomic mass is 10.2. The van der Waals surface area contributed by atoms with E-state index in [-0.39, 0.29) is 16.5 Å². The summed E-state index contributed by atoms with van der Waals surface area (Å²) in [6.07, 6.45) is 0. The van der Waals surface area contributed by atoms with Crippen LogP contribution in [0.3, 0.4) is 0 Å². The number of aromatic amines is 1. The molecule has 1 amide bonds. The van der Waals surface area contributed by atoms with E-state index in [0.29, 0.717) is 17.4 Å². The Morgan fingerprint density at radius 1 is 1.24 bits per heavy atom. The summed E-state index contributed by atoms with van der Waals surface area (Å²) in [7, 11) is -3.87. The predicted octanol–water partition coefficient (Wildman–Crippen LogP) is 1.39. The number of amides is 1. The second-order valence-corrected chi connectivity index (χ2v) is 9.07. The van der Waals surface area contributed by atoms with Crippen LogP contribution < -0.4 is 16.1 Å². The molecule has 9 nitrogen and oxygen atoms in total. The molecule has 1 aromatic heterocycles. The largest absolute Gasteiger partial charge is 0.344 e. The molecule has 2 aromatic carbocycles. The lowest BCUT2D eigenvalue weighted by Gasteiger charge is -2.13. The van der Waals surface area contributed by atoms with Crippen LogP contribution in [0.25, 0.3) is 0 Å². The number of nitrogens with zero attached hydrogens (tertiary/aromatic N) is 2. The molecule has 0 fully saturated rings. The summed E-state index contributed by atoms with van der Waals surface area (Å²) in [5.74, 6) is -0.372. The van der Waals surface area contributed by atoms with Gasteiger partial charge in [-0.15, -0.1) is 5.10 Å². The van der Waals surface area contributed by atoms with Crippen molar-refractivity contribution in [2.45, 2.75) is 28.8 Å². The second kappa shape index (κ2) is 8.64. The predicted molar refractivity (Wildman–Crippen MR) is 110 cm³/mol. The number of anilines is 1. The van der Waals surface area contributed by atoms with Gasteiger partial charge in [-0.2, -0.15) is 0 Å². The zero-order valence-corrected chi connectivity index (χ0v) is 17.0. The summed E-state index contributed by atoms with van der Waals surface area (Å²) in [6, 6.07) is 15.1. The normalized spacial score (nSPS) is 12.5. The summed E-state index contributed by atoms with van der Waals surface area (Å²) < 4.78 is 24.4. The molecule has 152 valence electrons. The number of nitrogens with one attached hydrogen (secondary N) is 2. The van der Waals surface area contributed by atoms with Gasteiger partial charge in [-0.25, -0.2) is 23.4 Å². The molecule has 29 heavy (non-hydrogen) atoms. The number of carbonyl (C=O) groups is 1. The zero-order chi connectivity index (χ0) is 21.0. The molecule has 0 aliphatic heterocycles. The molecule has 1 atom stereocenters. The molecule has 11 heteroatoms. The first-order chi connectivity index (χ1) is 13.7. The maximum absolute atomic E-state index is 12.5. The van der Waals surface area contributed by atoms with Crippen LogP contribution in [-0.2, 0) is 21.4 Å². The monoisotopic (exact) mass is 433 g/mol. The standard InChI is InChI=1S/C18H19N5O4S2/c1-12(16(24)20-14-8-5-9-15(10-14)29(19,26)27)28-18-22-21-17(25)23(18)11-13-6-3-2-4-7-13/h2-10,12H,11H2,1H3,(H,20,24)(H,21,25)(H2,19,26,27)/t12-/m1/s1. The Hall–Kier alpha value is -2.89. The Morgan fingerprint density at radius 2 is 1.97 bits per heavy atom. The van der Waals surface area contributed by atoms with Crippen molar-refractivity contribution in [3.8, 4) is 0 Å². The van der Waals surface area contributed by atoms with Crippen molar-refractivity contribution in [2.75, 3.05) is 5.32 Å². The SMILES string of the molecule is C[C@@H](Sc1n[nH]c(=O)n1Cc1ccccc1)C(=O)Nc1cccc(S(N)(=O)=O)c1. The number of thioether (sulfide) groups is 1. The maximum atomic E-state index is 12.5. The molecular weight excluding hydrogens is 414 g/mol. The van der Waals surface area contributed by atoms with Crippen LogP contribution in [0.15, 0.2) is 69.4 Å². The van der Waals surface area contributed by atoms with E-state index < -0.39 is 15.3 Å². The van der Waals surface area contributed by atoms with E-state index in [1.807, 2.05) is 30.3 Å². The van der Waals surface area contributed by atoms with E-state index in [1.165, 1.54) is 22.8 Å². The van der Waals surface area contributed by atoms with Gasteiger partial charge in [0.05, 0.1) is 16.7 Å².